The summed E-state index contributed by atoms with van der Waals surface area (Å²) in [6.45, 7) is 2.76. The quantitative estimate of drug-likeness (QED) is 0.489. The number of benzene rings is 1. The van der Waals surface area contributed by atoms with E-state index in [4.69, 9.17) is 9.47 Å². The summed E-state index contributed by atoms with van der Waals surface area (Å²) in [7, 11) is 1.24. The van der Waals surface area contributed by atoms with E-state index in [1.807, 2.05) is 6.92 Å². The smallest absolute Gasteiger partial charge is 0.344 e. The summed E-state index contributed by atoms with van der Waals surface area (Å²) in [6.07, 6.45) is 1.36. The van der Waals surface area contributed by atoms with E-state index in [9.17, 15) is 19.2 Å². The first kappa shape index (κ1) is 21.1. The molecule has 0 aliphatic heterocycles. The molecule has 1 aromatic carbocycles. The molecule has 142 valence electrons. The molecule has 26 heavy (non-hydrogen) atoms. The Hall–Kier alpha value is -2.90. The summed E-state index contributed by atoms with van der Waals surface area (Å²) >= 11 is 0. The van der Waals surface area contributed by atoms with Crippen molar-refractivity contribution in [1.82, 2.24) is 5.32 Å². The zero-order chi connectivity index (χ0) is 19.5. The second kappa shape index (κ2) is 10.9. The lowest BCUT2D eigenvalue weighted by molar-refractivity contribution is -0.152. The second-order valence-electron chi connectivity index (χ2n) is 5.59. The highest BCUT2D eigenvalue weighted by Gasteiger charge is 2.26. The number of esters is 2. The summed E-state index contributed by atoms with van der Waals surface area (Å²) < 4.78 is 14.7. The maximum atomic E-state index is 11.9. The van der Waals surface area contributed by atoms with Gasteiger partial charge in [0.25, 0.3) is 5.91 Å². The summed E-state index contributed by atoms with van der Waals surface area (Å²) in [6, 6.07) is 5.36. The zero-order valence-corrected chi connectivity index (χ0v) is 15.0. The Morgan fingerprint density at radius 3 is 2.35 bits per heavy atom. The summed E-state index contributed by atoms with van der Waals surface area (Å²) in [5.41, 5.74) is 0.484. The van der Waals surface area contributed by atoms with Gasteiger partial charge in [0.2, 0.25) is 0 Å². The van der Waals surface area contributed by atoms with Crippen molar-refractivity contribution in [2.75, 3.05) is 20.3 Å². The minimum atomic E-state index is -0.802. The lowest BCUT2D eigenvalue weighted by atomic mass is 9.99. The van der Waals surface area contributed by atoms with E-state index < -0.39 is 30.5 Å². The van der Waals surface area contributed by atoms with Crippen molar-refractivity contribution in [2.24, 2.45) is 5.92 Å². The predicted octanol–water partition coefficient (Wildman–Crippen LogP) is 1.12. The molecule has 0 aromatic heterocycles. The largest absolute Gasteiger partial charge is 0.482 e. The fourth-order valence-corrected chi connectivity index (χ4v) is 1.98. The van der Waals surface area contributed by atoms with Crippen molar-refractivity contribution < 1.29 is 33.4 Å². The zero-order valence-electron chi connectivity index (χ0n) is 15.0. The molecular weight excluding hydrogens is 342 g/mol. The van der Waals surface area contributed by atoms with Crippen LogP contribution in [-0.4, -0.2) is 50.5 Å². The first-order chi connectivity index (χ1) is 12.4. The number of aldehydes is 1. The van der Waals surface area contributed by atoms with Gasteiger partial charge < -0.3 is 19.5 Å². The number of carbonyl (C=O) groups is 4. The summed E-state index contributed by atoms with van der Waals surface area (Å²) in [5, 5.41) is 2.50. The van der Waals surface area contributed by atoms with Crippen LogP contribution in [0.25, 0.3) is 0 Å². The molecule has 8 nitrogen and oxygen atoms in total. The molecule has 1 rings (SSSR count). The Morgan fingerprint density at radius 2 is 1.81 bits per heavy atom. The minimum Gasteiger partial charge on any atom is -0.482 e. The van der Waals surface area contributed by atoms with Crippen LogP contribution in [0.3, 0.4) is 0 Å². The first-order valence-electron chi connectivity index (χ1n) is 8.12. The third kappa shape index (κ3) is 6.92. The highest BCUT2D eigenvalue weighted by Crippen LogP contribution is 2.11. The number of carbonyl (C=O) groups excluding carboxylic acids is 4. The molecule has 0 heterocycles. The SMILES string of the molecule is CC[C@H](C)[C@@H](NC(=O)COC(=O)COc1ccc(C=O)cc1)C(=O)OC. The van der Waals surface area contributed by atoms with Crippen LogP contribution in [0.2, 0.25) is 0 Å². The van der Waals surface area contributed by atoms with Gasteiger partial charge in [0, 0.05) is 5.56 Å². The van der Waals surface area contributed by atoms with Crippen molar-refractivity contribution in [3.05, 3.63) is 29.8 Å². The molecule has 0 aliphatic carbocycles. The highest BCUT2D eigenvalue weighted by atomic mass is 16.6. The Labute approximate surface area is 151 Å². The van der Waals surface area contributed by atoms with Gasteiger partial charge in [-0.2, -0.15) is 0 Å². The lowest BCUT2D eigenvalue weighted by Gasteiger charge is -2.21. The van der Waals surface area contributed by atoms with E-state index >= 15 is 0 Å². The first-order valence-corrected chi connectivity index (χ1v) is 8.12. The Bertz CT molecular complexity index is 627. The second-order valence-corrected chi connectivity index (χ2v) is 5.59. The Morgan fingerprint density at radius 1 is 1.15 bits per heavy atom. The van der Waals surface area contributed by atoms with Crippen LogP contribution < -0.4 is 10.1 Å². The molecule has 0 spiro atoms. The maximum Gasteiger partial charge on any atom is 0.344 e. The average Bonchev–Trinajstić information content (AvgIpc) is 2.67. The number of methoxy groups -OCH3 is 1. The normalized spacial score (nSPS) is 12.4. The molecule has 2 atom stereocenters. The molecule has 0 saturated heterocycles. The number of rotatable bonds is 10. The van der Waals surface area contributed by atoms with Crippen LogP contribution in [0, 0.1) is 5.92 Å². The van der Waals surface area contributed by atoms with Crippen LogP contribution in [0.15, 0.2) is 24.3 Å². The summed E-state index contributed by atoms with van der Waals surface area (Å²) in [5.74, 6) is -1.64. The number of hydrogen-bond donors (Lipinski definition) is 1. The average molecular weight is 365 g/mol. The molecular formula is C18H23NO7. The molecule has 1 aromatic rings. The van der Waals surface area contributed by atoms with E-state index in [1.165, 1.54) is 19.2 Å². The van der Waals surface area contributed by atoms with Gasteiger partial charge in [0.15, 0.2) is 13.2 Å². The minimum absolute atomic E-state index is 0.125. The number of hydrogen-bond acceptors (Lipinski definition) is 7. The Kier molecular flexibility index (Phi) is 8.83. The van der Waals surface area contributed by atoms with Crippen molar-refractivity contribution in [3.8, 4) is 5.75 Å². The van der Waals surface area contributed by atoms with Crippen LogP contribution >= 0.6 is 0 Å². The monoisotopic (exact) mass is 365 g/mol. The third-order valence-corrected chi connectivity index (χ3v) is 3.72. The molecule has 0 radical (unpaired) electrons. The van der Waals surface area contributed by atoms with Crippen molar-refractivity contribution in [3.63, 3.8) is 0 Å². The van der Waals surface area contributed by atoms with Gasteiger partial charge >= 0.3 is 11.9 Å². The standard InChI is InChI=1S/C18H23NO7/c1-4-12(2)17(18(23)24-3)19-15(21)10-26-16(22)11-25-14-7-5-13(9-20)6-8-14/h5-9,12,17H,4,10-11H2,1-3H3,(H,19,21)/t12-,17+/m0/s1. The van der Waals surface area contributed by atoms with Gasteiger partial charge in [-0.25, -0.2) is 9.59 Å². The van der Waals surface area contributed by atoms with Gasteiger partial charge in [0.1, 0.15) is 18.1 Å². The van der Waals surface area contributed by atoms with Crippen LogP contribution in [-0.2, 0) is 23.9 Å². The molecule has 8 heteroatoms. The molecule has 0 saturated carbocycles. The van der Waals surface area contributed by atoms with Gasteiger partial charge in [-0.3, -0.25) is 9.59 Å². The molecule has 1 N–H and O–H groups in total. The molecule has 0 aliphatic rings. The molecule has 0 bridgehead atoms. The van der Waals surface area contributed by atoms with Gasteiger partial charge in [-0.05, 0) is 30.2 Å². The molecule has 0 unspecified atom stereocenters. The lowest BCUT2D eigenvalue weighted by Crippen LogP contribution is -2.47. The third-order valence-electron chi connectivity index (χ3n) is 3.72. The summed E-state index contributed by atoms with van der Waals surface area (Å²) in [4.78, 5) is 45.8. The van der Waals surface area contributed by atoms with Crippen molar-refractivity contribution in [2.45, 2.75) is 26.3 Å². The maximum absolute atomic E-state index is 11.9. The van der Waals surface area contributed by atoms with Crippen LogP contribution in [0.1, 0.15) is 30.6 Å². The Balaban J connectivity index is 2.41. The van der Waals surface area contributed by atoms with E-state index in [0.29, 0.717) is 24.0 Å². The van der Waals surface area contributed by atoms with Crippen LogP contribution in [0.4, 0.5) is 0 Å². The topological polar surface area (TPSA) is 108 Å². The van der Waals surface area contributed by atoms with Crippen molar-refractivity contribution in [1.29, 1.82) is 0 Å². The van der Waals surface area contributed by atoms with Crippen molar-refractivity contribution >= 4 is 24.1 Å². The van der Waals surface area contributed by atoms with Gasteiger partial charge in [-0.15, -0.1) is 0 Å². The highest BCUT2D eigenvalue weighted by molar-refractivity contribution is 5.86. The predicted molar refractivity (Wildman–Crippen MR) is 91.7 cm³/mol. The van der Waals surface area contributed by atoms with E-state index in [1.54, 1.807) is 19.1 Å². The number of amides is 1. The van der Waals surface area contributed by atoms with Gasteiger partial charge in [-0.1, -0.05) is 20.3 Å². The molecule has 1 amide bonds. The number of nitrogens with one attached hydrogen (secondary N) is 1. The van der Waals surface area contributed by atoms with Crippen LogP contribution in [0.5, 0.6) is 5.75 Å². The van der Waals surface area contributed by atoms with E-state index in [0.717, 1.165) is 0 Å². The van der Waals surface area contributed by atoms with E-state index in [-0.39, 0.29) is 12.5 Å². The van der Waals surface area contributed by atoms with Gasteiger partial charge in [0.05, 0.1) is 7.11 Å². The fraction of sp³-hybridized carbons (Fsp3) is 0.444. The molecule has 0 fully saturated rings. The van der Waals surface area contributed by atoms with E-state index in [2.05, 4.69) is 10.1 Å². The fourth-order valence-electron chi connectivity index (χ4n) is 1.98. The number of ether oxygens (including phenoxy) is 3.